The van der Waals surface area contributed by atoms with E-state index >= 15 is 0 Å². The molecule has 0 saturated heterocycles. The molecule has 1 heterocycles. The molecular weight excluding hydrogens is 242 g/mol. The molecule has 1 aliphatic rings. The van der Waals surface area contributed by atoms with Gasteiger partial charge >= 0.3 is 0 Å². The first-order chi connectivity index (χ1) is 6.75. The SMILES string of the molecule is Cc1nc(OCCC2CC2)ccc1Br. The van der Waals surface area contributed by atoms with Crippen molar-refractivity contribution >= 4 is 15.9 Å². The van der Waals surface area contributed by atoms with Gasteiger partial charge in [-0.05, 0) is 41.3 Å². The van der Waals surface area contributed by atoms with E-state index in [0.717, 1.165) is 28.6 Å². The second-order valence-electron chi connectivity index (χ2n) is 3.80. The molecule has 2 rings (SSSR count). The summed E-state index contributed by atoms with van der Waals surface area (Å²) in [5, 5.41) is 0. The van der Waals surface area contributed by atoms with Crippen LogP contribution >= 0.6 is 15.9 Å². The van der Waals surface area contributed by atoms with E-state index in [1.165, 1.54) is 19.3 Å². The Hall–Kier alpha value is -0.570. The lowest BCUT2D eigenvalue weighted by Gasteiger charge is -2.05. The molecule has 1 aromatic rings. The normalized spacial score (nSPS) is 15.6. The molecule has 0 atom stereocenters. The summed E-state index contributed by atoms with van der Waals surface area (Å²) in [7, 11) is 0. The third kappa shape index (κ3) is 2.71. The Balaban J connectivity index is 1.85. The molecule has 0 N–H and O–H groups in total. The van der Waals surface area contributed by atoms with Gasteiger partial charge in [-0.3, -0.25) is 0 Å². The molecule has 0 aliphatic heterocycles. The molecule has 1 aliphatic carbocycles. The van der Waals surface area contributed by atoms with Gasteiger partial charge in [0.05, 0.1) is 12.3 Å². The van der Waals surface area contributed by atoms with Gasteiger partial charge in [-0.25, -0.2) is 4.98 Å². The molecule has 3 heteroatoms. The topological polar surface area (TPSA) is 22.1 Å². The summed E-state index contributed by atoms with van der Waals surface area (Å²) in [6, 6.07) is 3.89. The van der Waals surface area contributed by atoms with Crippen LogP contribution in [-0.2, 0) is 0 Å². The maximum absolute atomic E-state index is 5.56. The highest BCUT2D eigenvalue weighted by molar-refractivity contribution is 9.10. The molecule has 1 fully saturated rings. The van der Waals surface area contributed by atoms with E-state index in [9.17, 15) is 0 Å². The number of aromatic nitrogens is 1. The lowest BCUT2D eigenvalue weighted by Crippen LogP contribution is -2.00. The van der Waals surface area contributed by atoms with Crippen LogP contribution in [0.5, 0.6) is 5.88 Å². The number of ether oxygens (including phenoxy) is 1. The zero-order chi connectivity index (χ0) is 9.97. The van der Waals surface area contributed by atoms with Crippen LogP contribution in [0.3, 0.4) is 0 Å². The summed E-state index contributed by atoms with van der Waals surface area (Å²) in [5.41, 5.74) is 0.980. The third-order valence-corrected chi connectivity index (χ3v) is 3.31. The number of pyridine rings is 1. The number of aryl methyl sites for hydroxylation is 1. The van der Waals surface area contributed by atoms with Gasteiger partial charge in [0.15, 0.2) is 0 Å². The van der Waals surface area contributed by atoms with Crippen LogP contribution in [0.2, 0.25) is 0 Å². The average Bonchev–Trinajstić information content (AvgIpc) is 2.95. The van der Waals surface area contributed by atoms with E-state index < -0.39 is 0 Å². The molecule has 0 aromatic carbocycles. The predicted molar refractivity (Wildman–Crippen MR) is 59.5 cm³/mol. The molecule has 76 valence electrons. The minimum Gasteiger partial charge on any atom is -0.478 e. The summed E-state index contributed by atoms with van der Waals surface area (Å²) in [4.78, 5) is 4.32. The average molecular weight is 256 g/mol. The molecule has 0 unspecified atom stereocenters. The smallest absolute Gasteiger partial charge is 0.213 e. The number of halogens is 1. The minimum atomic E-state index is 0.742. The number of hydrogen-bond donors (Lipinski definition) is 0. The van der Waals surface area contributed by atoms with Crippen molar-refractivity contribution in [2.24, 2.45) is 5.92 Å². The fourth-order valence-electron chi connectivity index (χ4n) is 1.34. The standard InChI is InChI=1S/C11H14BrNO/c1-8-10(12)4-5-11(13-8)14-7-6-9-2-3-9/h4-5,9H,2-3,6-7H2,1H3. The molecule has 2 nitrogen and oxygen atoms in total. The highest BCUT2D eigenvalue weighted by atomic mass is 79.9. The Bertz CT molecular complexity index is 323. The second kappa shape index (κ2) is 4.30. The van der Waals surface area contributed by atoms with E-state index in [0.29, 0.717) is 0 Å². The van der Waals surface area contributed by atoms with Crippen molar-refractivity contribution in [1.29, 1.82) is 0 Å². The van der Waals surface area contributed by atoms with Crippen molar-refractivity contribution in [1.82, 2.24) is 4.98 Å². The fourth-order valence-corrected chi connectivity index (χ4v) is 1.56. The molecule has 1 saturated carbocycles. The van der Waals surface area contributed by atoms with Crippen LogP contribution in [0.4, 0.5) is 0 Å². The summed E-state index contributed by atoms with van der Waals surface area (Å²) in [6.45, 7) is 2.77. The van der Waals surface area contributed by atoms with Gasteiger partial charge in [0.25, 0.3) is 0 Å². The van der Waals surface area contributed by atoms with E-state index in [1.54, 1.807) is 0 Å². The van der Waals surface area contributed by atoms with Gasteiger partial charge < -0.3 is 4.74 Å². The lowest BCUT2D eigenvalue weighted by atomic mass is 10.3. The maximum Gasteiger partial charge on any atom is 0.213 e. The largest absolute Gasteiger partial charge is 0.478 e. The Morgan fingerprint density at radius 3 is 2.93 bits per heavy atom. The Kier molecular flexibility index (Phi) is 3.06. The lowest BCUT2D eigenvalue weighted by molar-refractivity contribution is 0.290. The maximum atomic E-state index is 5.56. The van der Waals surface area contributed by atoms with Gasteiger partial charge in [-0.15, -0.1) is 0 Å². The Morgan fingerprint density at radius 1 is 1.50 bits per heavy atom. The first-order valence-electron chi connectivity index (χ1n) is 5.01. The zero-order valence-electron chi connectivity index (χ0n) is 8.29. The molecule has 14 heavy (non-hydrogen) atoms. The molecule has 0 spiro atoms. The number of rotatable bonds is 4. The third-order valence-electron chi connectivity index (χ3n) is 2.47. The van der Waals surface area contributed by atoms with Gasteiger partial charge in [0, 0.05) is 10.5 Å². The van der Waals surface area contributed by atoms with E-state index in [-0.39, 0.29) is 0 Å². The molecular formula is C11H14BrNO. The minimum absolute atomic E-state index is 0.742. The van der Waals surface area contributed by atoms with Crippen molar-refractivity contribution in [3.8, 4) is 5.88 Å². The first kappa shape index (κ1) is 9.97. The van der Waals surface area contributed by atoms with E-state index in [2.05, 4.69) is 20.9 Å². The van der Waals surface area contributed by atoms with Crippen molar-refractivity contribution in [2.45, 2.75) is 26.2 Å². The zero-order valence-corrected chi connectivity index (χ0v) is 9.88. The van der Waals surface area contributed by atoms with Crippen molar-refractivity contribution in [2.75, 3.05) is 6.61 Å². The summed E-state index contributed by atoms with van der Waals surface area (Å²) >= 11 is 3.41. The van der Waals surface area contributed by atoms with E-state index in [4.69, 9.17) is 4.74 Å². The molecule has 0 amide bonds. The highest BCUT2D eigenvalue weighted by Crippen LogP contribution is 2.32. The van der Waals surface area contributed by atoms with E-state index in [1.807, 2.05) is 19.1 Å². The van der Waals surface area contributed by atoms with Gasteiger partial charge in [0.1, 0.15) is 0 Å². The van der Waals surface area contributed by atoms with Gasteiger partial charge in [-0.1, -0.05) is 12.8 Å². The quantitative estimate of drug-likeness (QED) is 0.824. The molecule has 0 bridgehead atoms. The second-order valence-corrected chi connectivity index (χ2v) is 4.65. The van der Waals surface area contributed by atoms with Crippen LogP contribution < -0.4 is 4.74 Å². The summed E-state index contributed by atoms with van der Waals surface area (Å²) in [6.07, 6.45) is 3.95. The number of nitrogens with zero attached hydrogens (tertiary/aromatic N) is 1. The van der Waals surface area contributed by atoms with Gasteiger partial charge in [0.2, 0.25) is 5.88 Å². The number of hydrogen-bond acceptors (Lipinski definition) is 2. The summed E-state index contributed by atoms with van der Waals surface area (Å²) < 4.78 is 6.59. The monoisotopic (exact) mass is 255 g/mol. The van der Waals surface area contributed by atoms with Crippen LogP contribution in [0.1, 0.15) is 25.0 Å². The van der Waals surface area contributed by atoms with Crippen LogP contribution in [0.25, 0.3) is 0 Å². The van der Waals surface area contributed by atoms with Crippen molar-refractivity contribution in [3.05, 3.63) is 22.3 Å². The molecule has 1 aromatic heterocycles. The van der Waals surface area contributed by atoms with Crippen LogP contribution in [0.15, 0.2) is 16.6 Å². The van der Waals surface area contributed by atoms with Crippen LogP contribution in [0, 0.1) is 12.8 Å². The molecule has 0 radical (unpaired) electrons. The highest BCUT2D eigenvalue weighted by Gasteiger charge is 2.20. The predicted octanol–water partition coefficient (Wildman–Crippen LogP) is 3.33. The Morgan fingerprint density at radius 2 is 2.29 bits per heavy atom. The van der Waals surface area contributed by atoms with Crippen molar-refractivity contribution in [3.63, 3.8) is 0 Å². The summed E-state index contributed by atoms with van der Waals surface area (Å²) in [5.74, 6) is 1.66. The Labute approximate surface area is 92.8 Å². The van der Waals surface area contributed by atoms with Crippen molar-refractivity contribution < 1.29 is 4.74 Å². The van der Waals surface area contributed by atoms with Gasteiger partial charge in [-0.2, -0.15) is 0 Å². The first-order valence-corrected chi connectivity index (χ1v) is 5.81. The fraction of sp³-hybridized carbons (Fsp3) is 0.545. The van der Waals surface area contributed by atoms with Crippen LogP contribution in [-0.4, -0.2) is 11.6 Å².